The molecule has 0 unspecified atom stereocenters. The number of nitrogens with one attached hydrogen (secondary N) is 1. The normalized spacial score (nSPS) is 11.2. The van der Waals surface area contributed by atoms with E-state index >= 15 is 0 Å². The summed E-state index contributed by atoms with van der Waals surface area (Å²) in [5, 5.41) is -0.0195. The molecule has 0 aliphatic heterocycles. The number of halogens is 2. The van der Waals surface area contributed by atoms with E-state index in [0.717, 1.165) is 0 Å². The maximum atomic E-state index is 12.0. The first-order valence-corrected chi connectivity index (χ1v) is 7.30. The van der Waals surface area contributed by atoms with E-state index in [0.29, 0.717) is 18.5 Å². The summed E-state index contributed by atoms with van der Waals surface area (Å²) >= 11 is 11.7. The zero-order valence-electron chi connectivity index (χ0n) is 9.41. The van der Waals surface area contributed by atoms with E-state index < -0.39 is 10.0 Å². The Kier molecular flexibility index (Phi) is 5.29. The van der Waals surface area contributed by atoms with Gasteiger partial charge in [0.2, 0.25) is 10.0 Å². The highest BCUT2D eigenvalue weighted by Crippen LogP contribution is 2.31. The van der Waals surface area contributed by atoms with Crippen molar-refractivity contribution >= 4 is 38.9 Å². The number of sulfonamides is 1. The zero-order chi connectivity index (χ0) is 13.8. The zero-order valence-corrected chi connectivity index (χ0v) is 11.7. The second-order valence-corrected chi connectivity index (χ2v) is 6.04. The Labute approximate surface area is 117 Å². The van der Waals surface area contributed by atoms with Crippen LogP contribution in [-0.4, -0.2) is 15.0 Å². The first kappa shape index (κ1) is 15.1. The summed E-state index contributed by atoms with van der Waals surface area (Å²) in [7, 11) is -3.76. The van der Waals surface area contributed by atoms with Crippen molar-refractivity contribution in [1.29, 1.82) is 0 Å². The van der Waals surface area contributed by atoms with Gasteiger partial charge in [-0.15, -0.1) is 12.3 Å². The van der Waals surface area contributed by atoms with Gasteiger partial charge in [0, 0.05) is 18.7 Å². The Hall–Kier alpha value is -0.930. The highest BCUT2D eigenvalue weighted by atomic mass is 35.5. The molecule has 0 heterocycles. The highest BCUT2D eigenvalue weighted by molar-refractivity contribution is 7.89. The summed E-state index contributed by atoms with van der Waals surface area (Å²) in [4.78, 5) is -0.166. The van der Waals surface area contributed by atoms with Crippen LogP contribution in [-0.2, 0) is 10.0 Å². The number of terminal acetylenes is 1. The predicted molar refractivity (Wildman–Crippen MR) is 74.1 cm³/mol. The minimum atomic E-state index is -3.76. The Morgan fingerprint density at radius 2 is 1.89 bits per heavy atom. The fourth-order valence-corrected chi connectivity index (χ4v) is 3.61. The standard InChI is InChI=1S/C11H12Cl2N2O2S/c1-2-3-4-5-15-18(16,17)11-9(12)6-8(14)7-10(11)13/h1,6-7,15H,3-5,14H2. The number of unbranched alkanes of at least 4 members (excludes halogenated alkanes) is 1. The molecule has 3 N–H and O–H groups in total. The molecule has 0 aromatic heterocycles. The van der Waals surface area contributed by atoms with Crippen LogP contribution in [0.4, 0.5) is 5.69 Å². The van der Waals surface area contributed by atoms with Gasteiger partial charge in [0.25, 0.3) is 0 Å². The first-order valence-electron chi connectivity index (χ1n) is 5.06. The van der Waals surface area contributed by atoms with Crippen molar-refractivity contribution in [2.24, 2.45) is 0 Å². The topological polar surface area (TPSA) is 72.2 Å². The van der Waals surface area contributed by atoms with E-state index in [1.807, 2.05) is 0 Å². The van der Waals surface area contributed by atoms with Crippen molar-refractivity contribution < 1.29 is 8.42 Å². The first-order chi connectivity index (χ1) is 8.38. The van der Waals surface area contributed by atoms with Crippen LogP contribution in [0, 0.1) is 12.3 Å². The van der Waals surface area contributed by atoms with Gasteiger partial charge in [0.05, 0.1) is 10.0 Å². The number of hydrogen-bond donors (Lipinski definition) is 2. The molecular formula is C11H12Cl2N2O2S. The second kappa shape index (κ2) is 6.30. The lowest BCUT2D eigenvalue weighted by atomic mass is 10.3. The maximum absolute atomic E-state index is 12.0. The average Bonchev–Trinajstić information content (AvgIpc) is 2.22. The molecule has 1 aromatic carbocycles. The largest absolute Gasteiger partial charge is 0.399 e. The third-order valence-corrected chi connectivity index (χ3v) is 4.46. The average molecular weight is 307 g/mol. The van der Waals surface area contributed by atoms with Crippen molar-refractivity contribution in [1.82, 2.24) is 4.72 Å². The van der Waals surface area contributed by atoms with Crippen LogP contribution in [0.3, 0.4) is 0 Å². The summed E-state index contributed by atoms with van der Waals surface area (Å²) in [6.45, 7) is 0.226. The molecule has 0 amide bonds. The maximum Gasteiger partial charge on any atom is 0.243 e. The second-order valence-electron chi connectivity index (χ2n) is 3.52. The Morgan fingerprint density at radius 3 is 2.39 bits per heavy atom. The van der Waals surface area contributed by atoms with Gasteiger partial charge in [0.15, 0.2) is 0 Å². The molecule has 98 valence electrons. The molecule has 4 nitrogen and oxygen atoms in total. The highest BCUT2D eigenvalue weighted by Gasteiger charge is 2.21. The summed E-state index contributed by atoms with van der Waals surface area (Å²) in [5.74, 6) is 2.42. The van der Waals surface area contributed by atoms with Crippen molar-refractivity contribution in [2.45, 2.75) is 17.7 Å². The Morgan fingerprint density at radius 1 is 1.33 bits per heavy atom. The minimum Gasteiger partial charge on any atom is -0.399 e. The van der Waals surface area contributed by atoms with E-state index in [-0.39, 0.29) is 21.5 Å². The minimum absolute atomic E-state index is 0.00977. The van der Waals surface area contributed by atoms with Gasteiger partial charge in [-0.3, -0.25) is 0 Å². The number of benzene rings is 1. The van der Waals surface area contributed by atoms with Gasteiger partial charge in [-0.1, -0.05) is 23.2 Å². The predicted octanol–water partition coefficient (Wildman–Crippen LogP) is 2.27. The van der Waals surface area contributed by atoms with Crippen molar-refractivity contribution in [3.8, 4) is 12.3 Å². The quantitative estimate of drug-likeness (QED) is 0.498. The summed E-state index contributed by atoms with van der Waals surface area (Å²) in [6, 6.07) is 2.67. The van der Waals surface area contributed by atoms with E-state index in [1.165, 1.54) is 12.1 Å². The Balaban J connectivity index is 2.96. The lowest BCUT2D eigenvalue weighted by Gasteiger charge is -2.10. The van der Waals surface area contributed by atoms with E-state index in [9.17, 15) is 8.42 Å². The van der Waals surface area contributed by atoms with E-state index in [4.69, 9.17) is 35.4 Å². The van der Waals surface area contributed by atoms with Crippen molar-refractivity contribution in [3.05, 3.63) is 22.2 Å². The SMILES string of the molecule is C#CCCCNS(=O)(=O)c1c(Cl)cc(N)cc1Cl. The van der Waals surface area contributed by atoms with Gasteiger partial charge in [-0.05, 0) is 18.6 Å². The molecule has 0 saturated heterocycles. The molecule has 1 rings (SSSR count). The van der Waals surface area contributed by atoms with Gasteiger partial charge >= 0.3 is 0 Å². The molecule has 0 aliphatic carbocycles. The van der Waals surface area contributed by atoms with Crippen LogP contribution < -0.4 is 10.5 Å². The lowest BCUT2D eigenvalue weighted by Crippen LogP contribution is -2.25. The summed E-state index contributed by atoms with van der Waals surface area (Å²) in [6.07, 6.45) is 6.10. The third-order valence-electron chi connectivity index (χ3n) is 2.08. The molecular weight excluding hydrogens is 295 g/mol. The fraction of sp³-hybridized carbons (Fsp3) is 0.273. The van der Waals surface area contributed by atoms with Crippen molar-refractivity contribution in [3.63, 3.8) is 0 Å². The molecule has 0 atom stereocenters. The lowest BCUT2D eigenvalue weighted by molar-refractivity contribution is 0.580. The molecule has 0 spiro atoms. The molecule has 0 saturated carbocycles. The molecule has 0 bridgehead atoms. The summed E-state index contributed by atoms with van der Waals surface area (Å²) in [5.41, 5.74) is 5.81. The molecule has 7 heteroatoms. The monoisotopic (exact) mass is 306 g/mol. The molecule has 0 radical (unpaired) electrons. The van der Waals surface area contributed by atoms with E-state index in [2.05, 4.69) is 10.6 Å². The van der Waals surface area contributed by atoms with Crippen LogP contribution >= 0.6 is 23.2 Å². The van der Waals surface area contributed by atoms with Crippen LogP contribution in [0.5, 0.6) is 0 Å². The smallest absolute Gasteiger partial charge is 0.243 e. The van der Waals surface area contributed by atoms with Crippen LogP contribution in [0.1, 0.15) is 12.8 Å². The molecule has 0 fully saturated rings. The molecule has 0 aliphatic rings. The number of hydrogen-bond acceptors (Lipinski definition) is 3. The summed E-state index contributed by atoms with van der Waals surface area (Å²) < 4.78 is 26.3. The number of rotatable bonds is 5. The number of nitrogens with two attached hydrogens (primary N) is 1. The number of nitrogen functional groups attached to an aromatic ring is 1. The van der Waals surface area contributed by atoms with Gasteiger partial charge < -0.3 is 5.73 Å². The van der Waals surface area contributed by atoms with Gasteiger partial charge in [-0.2, -0.15) is 0 Å². The van der Waals surface area contributed by atoms with Gasteiger partial charge in [0.1, 0.15) is 4.90 Å². The Bertz CT molecular complexity index is 556. The third kappa shape index (κ3) is 3.79. The van der Waals surface area contributed by atoms with Crippen molar-refractivity contribution in [2.75, 3.05) is 12.3 Å². The van der Waals surface area contributed by atoms with Crippen LogP contribution in [0.15, 0.2) is 17.0 Å². The van der Waals surface area contributed by atoms with Crippen LogP contribution in [0.2, 0.25) is 10.0 Å². The fourth-order valence-electron chi connectivity index (χ4n) is 1.31. The van der Waals surface area contributed by atoms with Gasteiger partial charge in [-0.25, -0.2) is 13.1 Å². The van der Waals surface area contributed by atoms with E-state index in [1.54, 1.807) is 0 Å². The molecule has 18 heavy (non-hydrogen) atoms. The number of anilines is 1. The van der Waals surface area contributed by atoms with Crippen LogP contribution in [0.25, 0.3) is 0 Å². The molecule has 1 aromatic rings.